The number of hydrogen-bond donors (Lipinski definition) is 0. The van der Waals surface area contributed by atoms with Crippen LogP contribution < -0.4 is 9.47 Å². The van der Waals surface area contributed by atoms with Crippen LogP contribution in [0.15, 0.2) is 78.9 Å². The molecule has 0 radical (unpaired) electrons. The Morgan fingerprint density at radius 1 is 0.698 bits per heavy atom. The van der Waals surface area contributed by atoms with Gasteiger partial charge >= 0.3 is 5.97 Å². The van der Waals surface area contributed by atoms with Crippen molar-refractivity contribution in [1.82, 2.24) is 0 Å². The summed E-state index contributed by atoms with van der Waals surface area (Å²) in [5.74, 6) is 2.08. The fourth-order valence-corrected chi connectivity index (χ4v) is 4.96. The molecule has 3 aromatic rings. The Labute approximate surface area is 259 Å². The summed E-state index contributed by atoms with van der Waals surface area (Å²) in [7, 11) is 0.625. The second-order valence-electron chi connectivity index (χ2n) is 10.7. The van der Waals surface area contributed by atoms with Gasteiger partial charge in [0.05, 0.1) is 19.4 Å². The lowest BCUT2D eigenvalue weighted by Crippen LogP contribution is -2.19. The minimum atomic E-state index is -1.12. The highest BCUT2D eigenvalue weighted by atomic mass is 28.3. The van der Waals surface area contributed by atoms with Crippen LogP contribution in [0.3, 0.4) is 0 Å². The van der Waals surface area contributed by atoms with Crippen molar-refractivity contribution >= 4 is 21.1 Å². The molecule has 7 heteroatoms. The van der Waals surface area contributed by atoms with Crippen molar-refractivity contribution in [1.29, 1.82) is 0 Å². The third kappa shape index (κ3) is 14.1. The van der Waals surface area contributed by atoms with Gasteiger partial charge in [-0.3, -0.25) is 0 Å². The third-order valence-electron chi connectivity index (χ3n) is 7.02. The van der Waals surface area contributed by atoms with Gasteiger partial charge in [0, 0.05) is 19.8 Å². The van der Waals surface area contributed by atoms with Crippen LogP contribution in [0.2, 0.25) is 6.55 Å². The molecule has 0 aliphatic rings. The summed E-state index contributed by atoms with van der Waals surface area (Å²) in [5, 5.41) is 0. The second-order valence-corrected chi connectivity index (χ2v) is 13.1. The first-order chi connectivity index (χ1) is 21.1. The van der Waals surface area contributed by atoms with Gasteiger partial charge in [-0.05, 0) is 91.4 Å². The Morgan fingerprint density at radius 3 is 1.88 bits per heavy atom. The van der Waals surface area contributed by atoms with E-state index in [1.54, 1.807) is 13.2 Å². The summed E-state index contributed by atoms with van der Waals surface area (Å²) in [6, 6.07) is 23.9. The van der Waals surface area contributed by atoms with Crippen LogP contribution in [0.25, 0.3) is 17.2 Å². The van der Waals surface area contributed by atoms with Gasteiger partial charge in [0.1, 0.15) is 17.2 Å². The lowest BCUT2D eigenvalue weighted by molar-refractivity contribution is -0.137. The molecule has 3 rings (SSSR count). The van der Waals surface area contributed by atoms with Gasteiger partial charge in [-0.1, -0.05) is 69.0 Å². The molecule has 43 heavy (non-hydrogen) atoms. The summed E-state index contributed by atoms with van der Waals surface area (Å²) in [5.41, 5.74) is 3.15. The molecule has 1 unspecified atom stereocenters. The maximum atomic E-state index is 12.0. The normalized spacial score (nSPS) is 11.9. The van der Waals surface area contributed by atoms with Crippen molar-refractivity contribution in [2.24, 2.45) is 0 Å². The summed E-state index contributed by atoms with van der Waals surface area (Å²) >= 11 is 0. The maximum Gasteiger partial charge on any atom is 0.330 e. The molecule has 0 saturated heterocycles. The molecule has 0 bridgehead atoms. The highest BCUT2D eigenvalue weighted by Crippen LogP contribution is 2.27. The van der Waals surface area contributed by atoms with E-state index in [0.717, 1.165) is 85.5 Å². The molecule has 1 atom stereocenters. The Morgan fingerprint density at radius 2 is 1.26 bits per heavy atom. The lowest BCUT2D eigenvalue weighted by atomic mass is 10.1. The first-order valence-corrected chi connectivity index (χ1v) is 18.1. The van der Waals surface area contributed by atoms with Gasteiger partial charge in [0.15, 0.2) is 9.04 Å². The Balaban J connectivity index is 1.33. The number of esters is 1. The van der Waals surface area contributed by atoms with Crippen LogP contribution >= 0.6 is 0 Å². The molecule has 0 amide bonds. The van der Waals surface area contributed by atoms with Gasteiger partial charge in [-0.15, -0.1) is 0 Å². The smallest absolute Gasteiger partial charge is 0.330 e. The topological polar surface area (TPSA) is 63.2 Å². The number of ether oxygens (including phenoxy) is 4. The summed E-state index contributed by atoms with van der Waals surface area (Å²) < 4.78 is 28.1. The number of hydrogen-bond acceptors (Lipinski definition) is 6. The first-order valence-electron chi connectivity index (χ1n) is 15.6. The fraction of sp³-hybridized carbons (Fsp3) is 0.417. The maximum absolute atomic E-state index is 12.0. The minimum absolute atomic E-state index is 0.327. The molecular formula is C36H48O6Si. The van der Waals surface area contributed by atoms with Crippen molar-refractivity contribution < 1.29 is 28.2 Å². The van der Waals surface area contributed by atoms with Gasteiger partial charge in [-0.2, -0.15) is 0 Å². The van der Waals surface area contributed by atoms with E-state index in [9.17, 15) is 4.79 Å². The Kier molecular flexibility index (Phi) is 16.3. The molecule has 0 saturated carbocycles. The Bertz CT molecular complexity index is 1190. The standard InChI is InChI=1S/C36H48O6Si/c1-4-5-6-10-27-40-33-21-15-31(16-22-33)32-17-23-35(24-18-32)42-34-19-12-30(13-20-34)14-25-36(37)41-28-11-8-7-9-26-39-29-43(3)38-2/h12-25,43H,4-11,26-29H2,1-3H3/b25-14+. The quantitative estimate of drug-likeness (QED) is 0.0524. The van der Waals surface area contributed by atoms with Gasteiger partial charge in [0.25, 0.3) is 0 Å². The molecule has 0 aliphatic heterocycles. The predicted octanol–water partition coefficient (Wildman–Crippen LogP) is 8.78. The number of rotatable bonds is 21. The van der Waals surface area contributed by atoms with Crippen molar-refractivity contribution in [2.45, 2.75) is 64.8 Å². The van der Waals surface area contributed by atoms with Crippen LogP contribution in [0.5, 0.6) is 17.2 Å². The zero-order chi connectivity index (χ0) is 30.5. The molecule has 0 aliphatic carbocycles. The van der Waals surface area contributed by atoms with E-state index < -0.39 is 9.04 Å². The van der Waals surface area contributed by atoms with E-state index in [2.05, 4.69) is 37.7 Å². The zero-order valence-electron chi connectivity index (χ0n) is 26.1. The lowest BCUT2D eigenvalue weighted by Gasteiger charge is -2.09. The summed E-state index contributed by atoms with van der Waals surface area (Å²) in [6.45, 7) is 6.31. The number of carbonyl (C=O) groups is 1. The summed E-state index contributed by atoms with van der Waals surface area (Å²) in [4.78, 5) is 12.0. The van der Waals surface area contributed by atoms with Gasteiger partial charge in [-0.25, -0.2) is 4.79 Å². The van der Waals surface area contributed by atoms with Gasteiger partial charge < -0.3 is 23.4 Å². The first kappa shape index (κ1) is 34.1. The number of carbonyl (C=O) groups excluding carboxylic acids is 1. The molecule has 3 aromatic carbocycles. The van der Waals surface area contributed by atoms with E-state index in [-0.39, 0.29) is 5.97 Å². The molecule has 6 nitrogen and oxygen atoms in total. The van der Waals surface area contributed by atoms with Crippen molar-refractivity contribution in [3.8, 4) is 28.4 Å². The number of unbranched alkanes of at least 4 members (excludes halogenated alkanes) is 6. The molecule has 0 N–H and O–H groups in total. The van der Waals surface area contributed by atoms with Crippen LogP contribution in [-0.2, 0) is 18.7 Å². The van der Waals surface area contributed by atoms with Crippen molar-refractivity contribution in [2.75, 3.05) is 33.2 Å². The molecule has 0 aromatic heterocycles. The summed E-state index contributed by atoms with van der Waals surface area (Å²) in [6.07, 6.45) is 12.8. The van der Waals surface area contributed by atoms with E-state index in [4.69, 9.17) is 23.4 Å². The fourth-order valence-electron chi connectivity index (χ4n) is 4.32. The van der Waals surface area contributed by atoms with Gasteiger partial charge in [0.2, 0.25) is 0 Å². The second kappa shape index (κ2) is 20.5. The van der Waals surface area contributed by atoms with E-state index in [0.29, 0.717) is 6.61 Å². The largest absolute Gasteiger partial charge is 0.494 e. The van der Waals surface area contributed by atoms with Crippen molar-refractivity contribution in [3.63, 3.8) is 0 Å². The molecular weight excluding hydrogens is 556 g/mol. The average Bonchev–Trinajstić information content (AvgIpc) is 3.04. The van der Waals surface area contributed by atoms with Crippen LogP contribution in [0.4, 0.5) is 0 Å². The van der Waals surface area contributed by atoms with Crippen LogP contribution in [-0.4, -0.2) is 48.2 Å². The number of benzene rings is 3. The zero-order valence-corrected chi connectivity index (χ0v) is 27.2. The van der Waals surface area contributed by atoms with E-state index >= 15 is 0 Å². The molecule has 232 valence electrons. The SMILES string of the molecule is CCCCCCOc1ccc(-c2ccc(Oc3ccc(/C=C/C(=O)OCCCCCCOC[SiH](C)OC)cc3)cc2)cc1. The Hall–Kier alpha value is -3.39. The highest BCUT2D eigenvalue weighted by Gasteiger charge is 2.04. The molecule has 0 spiro atoms. The molecule has 0 heterocycles. The average molecular weight is 605 g/mol. The van der Waals surface area contributed by atoms with E-state index in [1.165, 1.54) is 25.3 Å². The van der Waals surface area contributed by atoms with Crippen LogP contribution in [0.1, 0.15) is 63.9 Å². The van der Waals surface area contributed by atoms with E-state index in [1.807, 2.05) is 48.5 Å². The third-order valence-corrected chi connectivity index (χ3v) is 8.53. The monoisotopic (exact) mass is 604 g/mol. The highest BCUT2D eigenvalue weighted by molar-refractivity contribution is 6.49. The minimum Gasteiger partial charge on any atom is -0.494 e. The van der Waals surface area contributed by atoms with Crippen molar-refractivity contribution in [3.05, 3.63) is 84.4 Å². The van der Waals surface area contributed by atoms with Crippen LogP contribution in [0, 0.1) is 0 Å². The molecule has 0 fully saturated rings. The predicted molar refractivity (Wildman–Crippen MR) is 177 cm³/mol.